The van der Waals surface area contributed by atoms with Crippen molar-refractivity contribution in [3.8, 4) is 6.07 Å². The molecule has 0 saturated carbocycles. The van der Waals surface area contributed by atoms with E-state index < -0.39 is 28.4 Å². The lowest BCUT2D eigenvalue weighted by Gasteiger charge is -2.16. The number of nitriles is 1. The van der Waals surface area contributed by atoms with Crippen molar-refractivity contribution in [2.75, 3.05) is 5.32 Å². The molecule has 25 heavy (non-hydrogen) atoms. The Kier molecular flexibility index (Phi) is 6.90. The molecule has 1 rings (SSSR count). The summed E-state index contributed by atoms with van der Waals surface area (Å²) in [7, 11) is 0. The van der Waals surface area contributed by atoms with E-state index >= 15 is 0 Å². The fourth-order valence-electron chi connectivity index (χ4n) is 1.78. The minimum atomic E-state index is -1.13. The summed E-state index contributed by atoms with van der Waals surface area (Å²) in [6.45, 7) is 3.32. The van der Waals surface area contributed by atoms with Crippen LogP contribution in [-0.2, 0) is 9.59 Å². The number of non-ortho nitro benzene ring substituents is 1. The van der Waals surface area contributed by atoms with E-state index in [1.165, 1.54) is 12.1 Å². The van der Waals surface area contributed by atoms with Crippen LogP contribution in [0, 0.1) is 27.4 Å². The van der Waals surface area contributed by atoms with E-state index in [0.717, 1.165) is 12.3 Å². The van der Waals surface area contributed by atoms with Crippen LogP contribution in [0.3, 0.4) is 0 Å². The molecule has 3 N–H and O–H groups in total. The van der Waals surface area contributed by atoms with Gasteiger partial charge < -0.3 is 15.7 Å². The van der Waals surface area contributed by atoms with Gasteiger partial charge in [-0.05, 0) is 12.0 Å². The van der Waals surface area contributed by atoms with Gasteiger partial charge in [0.15, 0.2) is 0 Å². The molecule has 0 fully saturated rings. The summed E-state index contributed by atoms with van der Waals surface area (Å²) in [6, 6.07) is 4.10. The maximum absolute atomic E-state index is 12.1. The smallest absolute Gasteiger partial charge is 0.326 e. The third kappa shape index (κ3) is 5.47. The second-order valence-corrected chi connectivity index (χ2v) is 5.68. The monoisotopic (exact) mass is 366 g/mol. The largest absolute Gasteiger partial charge is 0.480 e. The molecule has 0 aliphatic heterocycles. The van der Waals surface area contributed by atoms with Gasteiger partial charge in [-0.1, -0.05) is 25.4 Å². The Balaban J connectivity index is 2.99. The third-order valence-corrected chi connectivity index (χ3v) is 3.44. The first-order chi connectivity index (χ1) is 11.7. The lowest BCUT2D eigenvalue weighted by Crippen LogP contribution is -2.38. The van der Waals surface area contributed by atoms with E-state index in [1.807, 2.05) is 0 Å². The van der Waals surface area contributed by atoms with Crippen LogP contribution >= 0.6 is 11.6 Å². The van der Waals surface area contributed by atoms with Gasteiger partial charge >= 0.3 is 5.97 Å². The molecule has 0 aliphatic rings. The third-order valence-electron chi connectivity index (χ3n) is 3.11. The highest BCUT2D eigenvalue weighted by Gasteiger charge is 2.21. The Morgan fingerprint density at radius 3 is 2.56 bits per heavy atom. The molecule has 0 saturated heterocycles. The van der Waals surface area contributed by atoms with Crippen molar-refractivity contribution in [2.45, 2.75) is 19.9 Å². The first kappa shape index (κ1) is 19.9. The van der Waals surface area contributed by atoms with Crippen molar-refractivity contribution in [1.29, 1.82) is 5.26 Å². The summed E-state index contributed by atoms with van der Waals surface area (Å²) in [5.74, 6) is -2.31. The molecule has 10 heteroatoms. The molecule has 1 aromatic rings. The van der Waals surface area contributed by atoms with Gasteiger partial charge in [0, 0.05) is 18.3 Å². The van der Waals surface area contributed by atoms with Crippen molar-refractivity contribution in [3.63, 3.8) is 0 Å². The number of hydrogen-bond acceptors (Lipinski definition) is 6. The predicted octanol–water partition coefficient (Wildman–Crippen LogP) is 2.29. The van der Waals surface area contributed by atoms with Crippen LogP contribution in [0.25, 0.3) is 0 Å². The Bertz CT molecular complexity index is 770. The second-order valence-electron chi connectivity index (χ2n) is 5.27. The van der Waals surface area contributed by atoms with Crippen molar-refractivity contribution in [3.05, 3.63) is 45.1 Å². The van der Waals surface area contributed by atoms with E-state index in [9.17, 15) is 19.7 Å². The van der Waals surface area contributed by atoms with Gasteiger partial charge in [-0.15, -0.1) is 0 Å². The van der Waals surface area contributed by atoms with Crippen molar-refractivity contribution in [2.24, 2.45) is 5.92 Å². The summed E-state index contributed by atoms with van der Waals surface area (Å²) in [5, 5.41) is 33.7. The highest BCUT2D eigenvalue weighted by molar-refractivity contribution is 6.34. The zero-order valence-electron chi connectivity index (χ0n) is 13.3. The summed E-state index contributed by atoms with van der Waals surface area (Å²) in [5.41, 5.74) is -0.735. The first-order valence-electron chi connectivity index (χ1n) is 7.01. The number of benzene rings is 1. The standard InChI is InChI=1S/C15H15ClN4O5/c1-8(2)13(15(22)23)18-7-9(6-17)14(21)19-12-5-10(20(24)25)3-4-11(12)16/h3-5,7-8,13,18H,1-2H3,(H,19,21)(H,22,23)/b9-7-. The number of aliphatic carboxylic acids is 1. The van der Waals surface area contributed by atoms with Crippen LogP contribution < -0.4 is 10.6 Å². The van der Waals surface area contributed by atoms with E-state index in [4.69, 9.17) is 22.0 Å². The fourth-order valence-corrected chi connectivity index (χ4v) is 1.95. The van der Waals surface area contributed by atoms with Crippen LogP contribution in [-0.4, -0.2) is 27.9 Å². The van der Waals surface area contributed by atoms with Crippen LogP contribution in [0.1, 0.15) is 13.8 Å². The minimum Gasteiger partial charge on any atom is -0.480 e. The molecule has 0 radical (unpaired) electrons. The van der Waals surface area contributed by atoms with E-state index in [2.05, 4.69) is 10.6 Å². The average Bonchev–Trinajstić information content (AvgIpc) is 2.52. The maximum Gasteiger partial charge on any atom is 0.326 e. The van der Waals surface area contributed by atoms with Gasteiger partial charge in [0.2, 0.25) is 0 Å². The number of rotatable bonds is 7. The normalized spacial score (nSPS) is 12.2. The number of nitrogens with one attached hydrogen (secondary N) is 2. The minimum absolute atomic E-state index is 0.0411. The number of carbonyl (C=O) groups excluding carboxylic acids is 1. The van der Waals surface area contributed by atoms with Crippen LogP contribution in [0.4, 0.5) is 11.4 Å². The van der Waals surface area contributed by atoms with Crippen LogP contribution in [0.15, 0.2) is 30.0 Å². The Morgan fingerprint density at radius 2 is 2.08 bits per heavy atom. The van der Waals surface area contributed by atoms with Gasteiger partial charge in [0.05, 0.1) is 15.6 Å². The van der Waals surface area contributed by atoms with Gasteiger partial charge in [-0.25, -0.2) is 4.79 Å². The fraction of sp³-hybridized carbons (Fsp3) is 0.267. The first-order valence-corrected chi connectivity index (χ1v) is 7.39. The molecule has 132 valence electrons. The molecule has 1 aromatic carbocycles. The molecule has 0 bridgehead atoms. The topological polar surface area (TPSA) is 145 Å². The number of nitro groups is 1. The van der Waals surface area contributed by atoms with Crippen molar-refractivity contribution < 1.29 is 19.6 Å². The molecular weight excluding hydrogens is 352 g/mol. The number of anilines is 1. The van der Waals surface area contributed by atoms with Crippen molar-refractivity contribution >= 4 is 34.9 Å². The highest BCUT2D eigenvalue weighted by Crippen LogP contribution is 2.27. The molecule has 0 spiro atoms. The molecule has 0 aliphatic carbocycles. The lowest BCUT2D eigenvalue weighted by molar-refractivity contribution is -0.384. The number of carbonyl (C=O) groups is 2. The maximum atomic E-state index is 12.1. The molecule has 1 atom stereocenters. The number of nitro benzene ring substituents is 1. The average molecular weight is 367 g/mol. The van der Waals surface area contributed by atoms with E-state index in [0.29, 0.717) is 0 Å². The van der Waals surface area contributed by atoms with E-state index in [1.54, 1.807) is 19.9 Å². The second kappa shape index (κ2) is 8.65. The Labute approximate surface area is 148 Å². The number of carboxylic acids is 1. The molecule has 1 unspecified atom stereocenters. The number of halogens is 1. The lowest BCUT2D eigenvalue weighted by atomic mass is 10.1. The van der Waals surface area contributed by atoms with Crippen molar-refractivity contribution in [1.82, 2.24) is 5.32 Å². The molecule has 1 amide bonds. The zero-order valence-corrected chi connectivity index (χ0v) is 14.1. The SMILES string of the molecule is CC(C)C(N/C=C(/C#N)C(=O)Nc1cc([N+](=O)[O-])ccc1Cl)C(=O)O. The molecule has 0 aromatic heterocycles. The Morgan fingerprint density at radius 1 is 1.44 bits per heavy atom. The van der Waals surface area contributed by atoms with Gasteiger partial charge in [-0.2, -0.15) is 5.26 Å². The zero-order chi connectivity index (χ0) is 19.1. The number of amides is 1. The summed E-state index contributed by atoms with van der Waals surface area (Å²) >= 11 is 5.87. The quantitative estimate of drug-likeness (QED) is 0.290. The molecule has 0 heterocycles. The highest BCUT2D eigenvalue weighted by atomic mass is 35.5. The number of nitrogens with zero attached hydrogens (tertiary/aromatic N) is 2. The summed E-state index contributed by atoms with van der Waals surface area (Å²) < 4.78 is 0. The molecule has 9 nitrogen and oxygen atoms in total. The Hall–Kier alpha value is -3.12. The predicted molar refractivity (Wildman–Crippen MR) is 89.8 cm³/mol. The van der Waals surface area contributed by atoms with Gasteiger partial charge in [0.25, 0.3) is 11.6 Å². The van der Waals surface area contributed by atoms with Crippen LogP contribution in [0.5, 0.6) is 0 Å². The van der Waals surface area contributed by atoms with Gasteiger partial charge in [0.1, 0.15) is 17.7 Å². The van der Waals surface area contributed by atoms with E-state index in [-0.39, 0.29) is 22.3 Å². The number of carboxylic acid groups (broad SMARTS) is 1. The summed E-state index contributed by atoms with van der Waals surface area (Å²) in [6.07, 6.45) is 0.985. The molecular formula is C15H15ClN4O5. The van der Waals surface area contributed by atoms with Crippen LogP contribution in [0.2, 0.25) is 5.02 Å². The summed E-state index contributed by atoms with van der Waals surface area (Å²) in [4.78, 5) is 33.3. The number of hydrogen-bond donors (Lipinski definition) is 3. The van der Waals surface area contributed by atoms with Gasteiger partial charge in [-0.3, -0.25) is 14.9 Å².